The number of aliphatic imine (C=N–C) groups is 1. The number of hydrogen-bond donors (Lipinski definition) is 2. The summed E-state index contributed by atoms with van der Waals surface area (Å²) in [4.78, 5) is 24.7. The Balaban J connectivity index is 1.90. The summed E-state index contributed by atoms with van der Waals surface area (Å²) < 4.78 is 2.06. The first-order valence-electron chi connectivity index (χ1n) is 9.19. The molecule has 0 aliphatic heterocycles. The molecular formula is C18H33N7O. The lowest BCUT2D eigenvalue weighted by atomic mass is 9.85. The number of guanidine groups is 1. The molecule has 8 nitrogen and oxygen atoms in total. The Kier molecular flexibility index (Phi) is 6.88. The lowest BCUT2D eigenvalue weighted by Crippen LogP contribution is -2.46. The number of carbonyl (C=O) groups is 1. The van der Waals surface area contributed by atoms with E-state index in [-0.39, 0.29) is 17.9 Å². The van der Waals surface area contributed by atoms with Gasteiger partial charge in [-0.15, -0.1) is 0 Å². The van der Waals surface area contributed by atoms with E-state index in [4.69, 9.17) is 0 Å². The molecular weight excluding hydrogens is 330 g/mol. The summed E-state index contributed by atoms with van der Waals surface area (Å²) >= 11 is 0. The number of carbonyl (C=O) groups excluding carboxylic acids is 1. The van der Waals surface area contributed by atoms with Crippen LogP contribution in [-0.2, 0) is 18.4 Å². The van der Waals surface area contributed by atoms with E-state index < -0.39 is 0 Å². The Labute approximate surface area is 156 Å². The van der Waals surface area contributed by atoms with Crippen molar-refractivity contribution in [2.45, 2.75) is 38.3 Å². The number of nitrogens with one attached hydrogen (secondary N) is 2. The molecule has 0 bridgehead atoms. The van der Waals surface area contributed by atoms with Crippen molar-refractivity contribution in [3.8, 4) is 0 Å². The Morgan fingerprint density at radius 1 is 1.35 bits per heavy atom. The number of hydrogen-bond acceptors (Lipinski definition) is 4. The first-order chi connectivity index (χ1) is 12.3. The monoisotopic (exact) mass is 363 g/mol. The van der Waals surface area contributed by atoms with E-state index in [1.54, 1.807) is 11.9 Å². The van der Waals surface area contributed by atoms with Crippen molar-refractivity contribution in [3.05, 3.63) is 11.9 Å². The first-order valence-corrected chi connectivity index (χ1v) is 9.19. The molecule has 2 N–H and O–H groups in total. The Morgan fingerprint density at radius 2 is 2.08 bits per heavy atom. The number of imidazole rings is 1. The van der Waals surface area contributed by atoms with E-state index in [2.05, 4.69) is 25.2 Å². The number of aromatic nitrogens is 2. The van der Waals surface area contributed by atoms with Crippen LogP contribution in [0.1, 0.15) is 31.4 Å². The molecule has 2 atom stereocenters. The van der Waals surface area contributed by atoms with Crippen LogP contribution in [0.25, 0.3) is 0 Å². The maximum absolute atomic E-state index is 12.2. The summed E-state index contributed by atoms with van der Waals surface area (Å²) in [7, 11) is 11.4. The molecule has 1 aromatic rings. The minimum Gasteiger partial charge on any atom is -0.354 e. The van der Waals surface area contributed by atoms with Gasteiger partial charge in [0.25, 0.3) is 0 Å². The lowest BCUT2D eigenvalue weighted by Gasteiger charge is -2.31. The van der Waals surface area contributed by atoms with E-state index in [1.165, 1.54) is 0 Å². The second kappa shape index (κ2) is 8.91. The van der Waals surface area contributed by atoms with Crippen LogP contribution in [0.4, 0.5) is 5.95 Å². The SMILES string of the molecule is CN=C(NCc1cnc(N(C)C)n1C)NC1CCCC(C(=O)N(C)C)C1. The molecule has 8 heteroatoms. The van der Waals surface area contributed by atoms with Crippen molar-refractivity contribution < 1.29 is 4.79 Å². The van der Waals surface area contributed by atoms with Crippen LogP contribution in [-0.4, -0.2) is 67.6 Å². The van der Waals surface area contributed by atoms with Crippen molar-refractivity contribution in [2.75, 3.05) is 40.1 Å². The molecule has 1 heterocycles. The summed E-state index contributed by atoms with van der Waals surface area (Å²) in [6.45, 7) is 0.643. The van der Waals surface area contributed by atoms with Gasteiger partial charge in [0.1, 0.15) is 0 Å². The maximum atomic E-state index is 12.2. The standard InChI is InChI=1S/C18H33N7O/c1-19-17(20-11-15-12-21-18(24(4)5)25(15)6)22-14-9-7-8-13(10-14)16(26)23(2)3/h12-14H,7-11H2,1-6H3,(H2,19,20,22). The second-order valence-corrected chi connectivity index (χ2v) is 7.37. The largest absolute Gasteiger partial charge is 0.354 e. The summed E-state index contributed by atoms with van der Waals surface area (Å²) in [6.07, 6.45) is 5.83. The van der Waals surface area contributed by atoms with Gasteiger partial charge in [0.05, 0.1) is 18.4 Å². The van der Waals surface area contributed by atoms with Crippen molar-refractivity contribution >= 4 is 17.8 Å². The molecule has 146 valence electrons. The van der Waals surface area contributed by atoms with Gasteiger partial charge in [-0.3, -0.25) is 9.79 Å². The molecule has 2 rings (SSSR count). The molecule has 0 saturated heterocycles. The lowest BCUT2D eigenvalue weighted by molar-refractivity contribution is -0.134. The van der Waals surface area contributed by atoms with E-state index in [0.29, 0.717) is 6.54 Å². The zero-order valence-electron chi connectivity index (χ0n) is 16.9. The van der Waals surface area contributed by atoms with Gasteiger partial charge < -0.3 is 25.0 Å². The molecule has 1 saturated carbocycles. The molecule has 1 amide bonds. The highest BCUT2D eigenvalue weighted by Gasteiger charge is 2.28. The normalized spacial score (nSPS) is 20.6. The Bertz CT molecular complexity index is 635. The second-order valence-electron chi connectivity index (χ2n) is 7.37. The number of anilines is 1. The third-order valence-electron chi connectivity index (χ3n) is 4.93. The average Bonchev–Trinajstić information content (AvgIpc) is 2.98. The van der Waals surface area contributed by atoms with E-state index >= 15 is 0 Å². The van der Waals surface area contributed by atoms with Gasteiger partial charge in [0.15, 0.2) is 5.96 Å². The minimum absolute atomic E-state index is 0.106. The summed E-state index contributed by atoms with van der Waals surface area (Å²) in [5, 5.41) is 6.83. The fourth-order valence-corrected chi connectivity index (χ4v) is 3.49. The van der Waals surface area contributed by atoms with Crippen molar-refractivity contribution in [2.24, 2.45) is 18.0 Å². The fourth-order valence-electron chi connectivity index (χ4n) is 3.49. The third kappa shape index (κ3) is 4.89. The van der Waals surface area contributed by atoms with Crippen LogP contribution >= 0.6 is 0 Å². The zero-order chi connectivity index (χ0) is 19.3. The van der Waals surface area contributed by atoms with Gasteiger partial charge in [0, 0.05) is 54.2 Å². The quantitative estimate of drug-likeness (QED) is 0.598. The van der Waals surface area contributed by atoms with Crippen LogP contribution in [0.15, 0.2) is 11.2 Å². The molecule has 0 spiro atoms. The van der Waals surface area contributed by atoms with E-state index in [1.807, 2.05) is 46.3 Å². The van der Waals surface area contributed by atoms with Gasteiger partial charge in [-0.1, -0.05) is 6.42 Å². The molecule has 1 fully saturated rings. The van der Waals surface area contributed by atoms with Gasteiger partial charge in [-0.05, 0) is 19.3 Å². The molecule has 1 aliphatic carbocycles. The summed E-state index contributed by atoms with van der Waals surface area (Å²) in [6, 6.07) is 0.271. The van der Waals surface area contributed by atoms with Crippen LogP contribution < -0.4 is 15.5 Å². The number of amides is 1. The van der Waals surface area contributed by atoms with Gasteiger partial charge in [-0.2, -0.15) is 0 Å². The molecule has 26 heavy (non-hydrogen) atoms. The third-order valence-corrected chi connectivity index (χ3v) is 4.93. The fraction of sp³-hybridized carbons (Fsp3) is 0.722. The highest BCUT2D eigenvalue weighted by atomic mass is 16.2. The maximum Gasteiger partial charge on any atom is 0.225 e. The summed E-state index contributed by atoms with van der Waals surface area (Å²) in [5.74, 6) is 2.02. The van der Waals surface area contributed by atoms with E-state index in [0.717, 1.165) is 43.3 Å². The van der Waals surface area contributed by atoms with Crippen LogP contribution in [0.3, 0.4) is 0 Å². The topological polar surface area (TPSA) is 77.8 Å². The Morgan fingerprint density at radius 3 is 2.65 bits per heavy atom. The highest BCUT2D eigenvalue weighted by molar-refractivity contribution is 5.81. The predicted octanol–water partition coefficient (Wildman–Crippen LogP) is 0.798. The molecule has 0 aromatic carbocycles. The molecule has 0 radical (unpaired) electrons. The number of rotatable bonds is 5. The van der Waals surface area contributed by atoms with Gasteiger partial charge in [-0.25, -0.2) is 4.98 Å². The van der Waals surface area contributed by atoms with Crippen LogP contribution in [0, 0.1) is 5.92 Å². The van der Waals surface area contributed by atoms with E-state index in [9.17, 15) is 4.79 Å². The van der Waals surface area contributed by atoms with Gasteiger partial charge >= 0.3 is 0 Å². The van der Waals surface area contributed by atoms with Gasteiger partial charge in [0.2, 0.25) is 11.9 Å². The predicted molar refractivity (Wildman–Crippen MR) is 105 cm³/mol. The smallest absolute Gasteiger partial charge is 0.225 e. The summed E-state index contributed by atoms with van der Waals surface area (Å²) in [5.41, 5.74) is 1.08. The number of nitrogens with zero attached hydrogens (tertiary/aromatic N) is 5. The van der Waals surface area contributed by atoms with Crippen molar-refractivity contribution in [1.82, 2.24) is 25.1 Å². The minimum atomic E-state index is 0.106. The van der Waals surface area contributed by atoms with Crippen molar-refractivity contribution in [3.63, 3.8) is 0 Å². The average molecular weight is 364 g/mol. The Hall–Kier alpha value is -2.25. The molecule has 2 unspecified atom stereocenters. The molecule has 1 aliphatic rings. The highest BCUT2D eigenvalue weighted by Crippen LogP contribution is 2.25. The zero-order valence-corrected chi connectivity index (χ0v) is 16.9. The van der Waals surface area contributed by atoms with Crippen molar-refractivity contribution in [1.29, 1.82) is 0 Å². The first kappa shape index (κ1) is 20.1. The van der Waals surface area contributed by atoms with Crippen LogP contribution in [0.5, 0.6) is 0 Å². The van der Waals surface area contributed by atoms with Crippen LogP contribution in [0.2, 0.25) is 0 Å². The molecule has 1 aromatic heterocycles.